The van der Waals surface area contributed by atoms with Crippen LogP contribution >= 0.6 is 11.8 Å². The lowest BCUT2D eigenvalue weighted by Crippen LogP contribution is -2.11. The van der Waals surface area contributed by atoms with E-state index < -0.39 is 0 Å². The SMILES string of the molecule is O=C(CCCSc1ccccc1)Nc1ccccc1O. The number of benzene rings is 2. The molecule has 0 atom stereocenters. The normalized spacial score (nSPS) is 10.2. The van der Waals surface area contributed by atoms with Gasteiger partial charge in [0.1, 0.15) is 5.75 Å². The fraction of sp³-hybridized carbons (Fsp3) is 0.188. The van der Waals surface area contributed by atoms with E-state index in [0.29, 0.717) is 12.1 Å². The molecule has 4 heteroatoms. The average molecular weight is 287 g/mol. The molecule has 2 aromatic rings. The lowest BCUT2D eigenvalue weighted by molar-refractivity contribution is -0.116. The highest BCUT2D eigenvalue weighted by Gasteiger charge is 2.05. The molecule has 0 aliphatic carbocycles. The fourth-order valence-electron chi connectivity index (χ4n) is 1.73. The molecule has 0 aliphatic rings. The van der Waals surface area contributed by atoms with Gasteiger partial charge in [0.25, 0.3) is 0 Å². The minimum atomic E-state index is -0.0693. The molecule has 0 aromatic heterocycles. The summed E-state index contributed by atoms with van der Waals surface area (Å²) in [5, 5.41) is 12.3. The predicted octanol–water partition coefficient (Wildman–Crippen LogP) is 3.90. The van der Waals surface area contributed by atoms with Gasteiger partial charge in [-0.05, 0) is 36.4 Å². The van der Waals surface area contributed by atoms with Crippen molar-refractivity contribution < 1.29 is 9.90 Å². The number of phenols is 1. The smallest absolute Gasteiger partial charge is 0.224 e. The van der Waals surface area contributed by atoms with Crippen LogP contribution in [-0.2, 0) is 4.79 Å². The molecule has 104 valence electrons. The summed E-state index contributed by atoms with van der Waals surface area (Å²) in [5.41, 5.74) is 0.466. The van der Waals surface area contributed by atoms with Crippen LogP contribution in [0.2, 0.25) is 0 Å². The quantitative estimate of drug-likeness (QED) is 0.481. The van der Waals surface area contributed by atoms with Gasteiger partial charge in [0.2, 0.25) is 5.91 Å². The van der Waals surface area contributed by atoms with Crippen LogP contribution in [0.5, 0.6) is 5.75 Å². The zero-order chi connectivity index (χ0) is 14.2. The molecule has 0 spiro atoms. The van der Waals surface area contributed by atoms with E-state index in [1.54, 1.807) is 36.0 Å². The number of para-hydroxylation sites is 2. The van der Waals surface area contributed by atoms with Crippen LogP contribution in [0, 0.1) is 0 Å². The average Bonchev–Trinajstić information content (AvgIpc) is 2.47. The largest absolute Gasteiger partial charge is 0.506 e. The molecule has 2 N–H and O–H groups in total. The Morgan fingerprint density at radius 1 is 1.05 bits per heavy atom. The van der Waals surface area contributed by atoms with Crippen LogP contribution < -0.4 is 5.32 Å². The van der Waals surface area contributed by atoms with Crippen molar-refractivity contribution in [2.75, 3.05) is 11.1 Å². The van der Waals surface area contributed by atoms with E-state index in [-0.39, 0.29) is 11.7 Å². The summed E-state index contributed by atoms with van der Waals surface area (Å²) in [6, 6.07) is 16.9. The third kappa shape index (κ3) is 4.63. The molecular formula is C16H17NO2S. The topological polar surface area (TPSA) is 49.3 Å². The molecule has 0 fully saturated rings. The number of nitrogens with one attached hydrogen (secondary N) is 1. The number of anilines is 1. The van der Waals surface area contributed by atoms with E-state index >= 15 is 0 Å². The molecule has 0 aliphatic heterocycles. The Labute approximate surface area is 123 Å². The Morgan fingerprint density at radius 2 is 1.75 bits per heavy atom. The molecule has 0 radical (unpaired) electrons. The van der Waals surface area contributed by atoms with Crippen LogP contribution in [-0.4, -0.2) is 16.8 Å². The van der Waals surface area contributed by atoms with Crippen LogP contribution in [0.4, 0.5) is 5.69 Å². The minimum absolute atomic E-state index is 0.0693. The van der Waals surface area contributed by atoms with Gasteiger partial charge >= 0.3 is 0 Å². The first-order chi connectivity index (χ1) is 9.75. The lowest BCUT2D eigenvalue weighted by Gasteiger charge is -2.06. The summed E-state index contributed by atoms with van der Waals surface area (Å²) in [7, 11) is 0. The summed E-state index contributed by atoms with van der Waals surface area (Å²) in [4.78, 5) is 13.0. The van der Waals surface area contributed by atoms with Crippen molar-refractivity contribution in [2.45, 2.75) is 17.7 Å². The number of amides is 1. The van der Waals surface area contributed by atoms with Crippen LogP contribution in [0.3, 0.4) is 0 Å². The van der Waals surface area contributed by atoms with Gasteiger partial charge in [-0.2, -0.15) is 0 Å². The third-order valence-corrected chi connectivity index (χ3v) is 3.84. The van der Waals surface area contributed by atoms with Crippen molar-refractivity contribution in [3.8, 4) is 5.75 Å². The van der Waals surface area contributed by atoms with Gasteiger partial charge in [0.05, 0.1) is 5.69 Å². The van der Waals surface area contributed by atoms with Crippen molar-refractivity contribution in [1.29, 1.82) is 0 Å². The number of hydrogen-bond donors (Lipinski definition) is 2. The van der Waals surface area contributed by atoms with Gasteiger partial charge in [0, 0.05) is 11.3 Å². The number of rotatable bonds is 6. The molecule has 3 nitrogen and oxygen atoms in total. The van der Waals surface area contributed by atoms with Crippen molar-refractivity contribution >= 4 is 23.4 Å². The fourth-order valence-corrected chi connectivity index (χ4v) is 2.61. The summed E-state index contributed by atoms with van der Waals surface area (Å²) in [6.07, 6.45) is 1.26. The first-order valence-electron chi connectivity index (χ1n) is 6.51. The van der Waals surface area contributed by atoms with E-state index in [4.69, 9.17) is 0 Å². The molecule has 20 heavy (non-hydrogen) atoms. The zero-order valence-corrected chi connectivity index (χ0v) is 11.9. The molecule has 0 saturated heterocycles. The summed E-state index contributed by atoms with van der Waals surface area (Å²) in [5.74, 6) is 0.928. The molecule has 2 rings (SSSR count). The number of hydrogen-bond acceptors (Lipinski definition) is 3. The van der Waals surface area contributed by atoms with Crippen molar-refractivity contribution in [2.24, 2.45) is 0 Å². The highest BCUT2D eigenvalue weighted by atomic mass is 32.2. The Bertz CT molecular complexity index is 557. The lowest BCUT2D eigenvalue weighted by atomic mass is 10.2. The van der Waals surface area contributed by atoms with E-state index in [9.17, 15) is 9.90 Å². The Morgan fingerprint density at radius 3 is 2.50 bits per heavy atom. The van der Waals surface area contributed by atoms with E-state index in [2.05, 4.69) is 17.4 Å². The van der Waals surface area contributed by atoms with Gasteiger partial charge < -0.3 is 10.4 Å². The third-order valence-electron chi connectivity index (χ3n) is 2.74. The highest BCUT2D eigenvalue weighted by Crippen LogP contribution is 2.22. The standard InChI is InChI=1S/C16H17NO2S/c18-15-10-5-4-9-14(15)17-16(19)11-6-12-20-13-7-2-1-3-8-13/h1-5,7-10,18H,6,11-12H2,(H,17,19). The predicted molar refractivity (Wildman–Crippen MR) is 83.1 cm³/mol. The maximum atomic E-state index is 11.7. The second-order valence-corrected chi connectivity index (χ2v) is 5.50. The second-order valence-electron chi connectivity index (χ2n) is 4.33. The molecule has 0 unspecified atom stereocenters. The Kier molecular flexibility index (Phi) is 5.50. The van der Waals surface area contributed by atoms with Gasteiger partial charge in [-0.3, -0.25) is 4.79 Å². The summed E-state index contributed by atoms with van der Waals surface area (Å²) in [6.45, 7) is 0. The van der Waals surface area contributed by atoms with E-state index in [1.165, 1.54) is 4.90 Å². The molecule has 2 aromatic carbocycles. The summed E-state index contributed by atoms with van der Waals surface area (Å²) >= 11 is 1.74. The van der Waals surface area contributed by atoms with Crippen LogP contribution in [0.1, 0.15) is 12.8 Å². The molecule has 1 amide bonds. The number of carbonyl (C=O) groups excluding carboxylic acids is 1. The van der Waals surface area contributed by atoms with Gasteiger partial charge in [-0.25, -0.2) is 0 Å². The maximum absolute atomic E-state index is 11.7. The van der Waals surface area contributed by atoms with Crippen molar-refractivity contribution in [3.63, 3.8) is 0 Å². The Hall–Kier alpha value is -1.94. The highest BCUT2D eigenvalue weighted by molar-refractivity contribution is 7.99. The Balaban J connectivity index is 1.69. The molecule has 0 heterocycles. The summed E-state index contributed by atoms with van der Waals surface area (Å²) < 4.78 is 0. The molecule has 0 bridgehead atoms. The van der Waals surface area contributed by atoms with Gasteiger partial charge in [-0.15, -0.1) is 11.8 Å². The van der Waals surface area contributed by atoms with Gasteiger partial charge in [-0.1, -0.05) is 30.3 Å². The van der Waals surface area contributed by atoms with E-state index in [0.717, 1.165) is 12.2 Å². The van der Waals surface area contributed by atoms with Crippen LogP contribution in [0.25, 0.3) is 0 Å². The zero-order valence-electron chi connectivity index (χ0n) is 11.1. The monoisotopic (exact) mass is 287 g/mol. The van der Waals surface area contributed by atoms with Crippen molar-refractivity contribution in [1.82, 2.24) is 0 Å². The number of thioether (sulfide) groups is 1. The molecular weight excluding hydrogens is 270 g/mol. The maximum Gasteiger partial charge on any atom is 0.224 e. The van der Waals surface area contributed by atoms with Crippen molar-refractivity contribution in [3.05, 3.63) is 54.6 Å². The first kappa shape index (κ1) is 14.5. The van der Waals surface area contributed by atoms with Crippen LogP contribution in [0.15, 0.2) is 59.5 Å². The van der Waals surface area contributed by atoms with Gasteiger partial charge in [0.15, 0.2) is 0 Å². The second kappa shape index (κ2) is 7.60. The number of phenolic OH excluding ortho intramolecular Hbond substituents is 1. The first-order valence-corrected chi connectivity index (χ1v) is 7.50. The minimum Gasteiger partial charge on any atom is -0.506 e. The number of aromatic hydroxyl groups is 1. The number of carbonyl (C=O) groups is 1. The van der Waals surface area contributed by atoms with E-state index in [1.807, 2.05) is 18.2 Å². The molecule has 0 saturated carbocycles.